The first kappa shape index (κ1) is 13.5. The third kappa shape index (κ3) is 7.34. The summed E-state index contributed by atoms with van der Waals surface area (Å²) in [5.41, 5.74) is 1.23. The molecule has 1 rings (SSSR count). The Morgan fingerprint density at radius 1 is 1.06 bits per heavy atom. The minimum absolute atomic E-state index is 0.305. The molecule has 0 bridgehead atoms. The number of hydrogen-bond donors (Lipinski definition) is 1. The molecule has 2 heteroatoms. The van der Waals surface area contributed by atoms with Crippen LogP contribution in [0.2, 0.25) is 0 Å². The lowest BCUT2D eigenvalue weighted by Crippen LogP contribution is -1.93. The first-order valence-electron chi connectivity index (χ1n) is 6.22. The van der Waals surface area contributed by atoms with Gasteiger partial charge in [0.2, 0.25) is 0 Å². The van der Waals surface area contributed by atoms with Crippen LogP contribution in [0.15, 0.2) is 36.4 Å². The second kappa shape index (κ2) is 8.57. The largest absolute Gasteiger partial charge is 0.481 e. The molecule has 0 aromatic heterocycles. The lowest BCUT2D eigenvalue weighted by atomic mass is 10.1. The molecule has 0 amide bonds. The molecule has 0 heterocycles. The van der Waals surface area contributed by atoms with E-state index >= 15 is 0 Å². The zero-order valence-electron chi connectivity index (χ0n) is 10.1. The van der Waals surface area contributed by atoms with Gasteiger partial charge < -0.3 is 5.11 Å². The molecule has 0 aliphatic carbocycles. The summed E-state index contributed by atoms with van der Waals surface area (Å²) in [4.78, 5) is 10.3. The quantitative estimate of drug-likeness (QED) is 0.684. The number of allylic oxidation sites excluding steroid dienone is 1. The monoisotopic (exact) mass is 232 g/mol. The van der Waals surface area contributed by atoms with E-state index in [2.05, 4.69) is 24.3 Å². The summed E-state index contributed by atoms with van der Waals surface area (Å²) in [7, 11) is 0. The second-order valence-corrected chi connectivity index (χ2v) is 4.16. The molecule has 0 spiro atoms. The smallest absolute Gasteiger partial charge is 0.303 e. The molecule has 1 aromatic carbocycles. The molecule has 17 heavy (non-hydrogen) atoms. The van der Waals surface area contributed by atoms with Gasteiger partial charge in [-0.2, -0.15) is 0 Å². The van der Waals surface area contributed by atoms with E-state index in [1.807, 2.05) is 18.2 Å². The van der Waals surface area contributed by atoms with Crippen LogP contribution in [0.5, 0.6) is 0 Å². The Morgan fingerprint density at radius 2 is 1.76 bits per heavy atom. The van der Waals surface area contributed by atoms with Gasteiger partial charge in [-0.3, -0.25) is 4.79 Å². The van der Waals surface area contributed by atoms with Crippen LogP contribution in [0, 0.1) is 0 Å². The average molecular weight is 232 g/mol. The van der Waals surface area contributed by atoms with E-state index in [0.717, 1.165) is 32.1 Å². The van der Waals surface area contributed by atoms with Crippen LogP contribution in [0.3, 0.4) is 0 Å². The van der Waals surface area contributed by atoms with E-state index in [9.17, 15) is 4.79 Å². The van der Waals surface area contributed by atoms with E-state index in [4.69, 9.17) is 5.11 Å². The van der Waals surface area contributed by atoms with Crippen molar-refractivity contribution < 1.29 is 9.90 Å². The highest BCUT2D eigenvalue weighted by Gasteiger charge is 1.95. The number of benzene rings is 1. The lowest BCUT2D eigenvalue weighted by molar-refractivity contribution is -0.137. The molecule has 1 aromatic rings. The SMILES string of the molecule is O=C(O)CCCCCC/C=C/c1ccccc1. The molecule has 1 N–H and O–H groups in total. The highest BCUT2D eigenvalue weighted by atomic mass is 16.4. The first-order valence-corrected chi connectivity index (χ1v) is 6.22. The topological polar surface area (TPSA) is 37.3 Å². The van der Waals surface area contributed by atoms with Gasteiger partial charge in [0, 0.05) is 6.42 Å². The van der Waals surface area contributed by atoms with Crippen molar-refractivity contribution in [3.63, 3.8) is 0 Å². The fourth-order valence-electron chi connectivity index (χ4n) is 1.68. The number of carboxylic acids is 1. The van der Waals surface area contributed by atoms with Crippen LogP contribution in [-0.2, 0) is 4.79 Å². The Bertz CT molecular complexity index is 341. The molecule has 0 aliphatic heterocycles. The van der Waals surface area contributed by atoms with Gasteiger partial charge in [0.15, 0.2) is 0 Å². The second-order valence-electron chi connectivity index (χ2n) is 4.16. The third-order valence-corrected chi connectivity index (χ3v) is 2.62. The molecule has 2 nitrogen and oxygen atoms in total. The van der Waals surface area contributed by atoms with Crippen molar-refractivity contribution in [3.05, 3.63) is 42.0 Å². The van der Waals surface area contributed by atoms with Crippen molar-refractivity contribution in [1.82, 2.24) is 0 Å². The van der Waals surface area contributed by atoms with Gasteiger partial charge in [0.25, 0.3) is 0 Å². The lowest BCUT2D eigenvalue weighted by Gasteiger charge is -1.97. The van der Waals surface area contributed by atoms with Crippen molar-refractivity contribution in [2.75, 3.05) is 0 Å². The van der Waals surface area contributed by atoms with Crippen molar-refractivity contribution in [3.8, 4) is 0 Å². The summed E-state index contributed by atoms with van der Waals surface area (Å²) in [6.07, 6.45) is 9.78. The van der Waals surface area contributed by atoms with Gasteiger partial charge in [0.05, 0.1) is 0 Å². The van der Waals surface area contributed by atoms with Gasteiger partial charge in [-0.25, -0.2) is 0 Å². The normalized spacial score (nSPS) is 10.8. The summed E-state index contributed by atoms with van der Waals surface area (Å²) in [6, 6.07) is 10.3. The van der Waals surface area contributed by atoms with Crippen LogP contribution in [-0.4, -0.2) is 11.1 Å². The number of carboxylic acid groups (broad SMARTS) is 1. The minimum atomic E-state index is -0.686. The van der Waals surface area contributed by atoms with Crippen molar-refractivity contribution >= 4 is 12.0 Å². The highest BCUT2D eigenvalue weighted by molar-refractivity contribution is 5.66. The Morgan fingerprint density at radius 3 is 2.47 bits per heavy atom. The van der Waals surface area contributed by atoms with E-state index in [1.54, 1.807) is 0 Å². The predicted octanol–water partition coefficient (Wildman–Crippen LogP) is 4.13. The third-order valence-electron chi connectivity index (χ3n) is 2.62. The summed E-state index contributed by atoms with van der Waals surface area (Å²) in [5.74, 6) is -0.686. The maximum absolute atomic E-state index is 10.3. The van der Waals surface area contributed by atoms with E-state index in [1.165, 1.54) is 5.56 Å². The van der Waals surface area contributed by atoms with Crippen LogP contribution in [0.1, 0.15) is 44.1 Å². The Hall–Kier alpha value is -1.57. The molecule has 0 saturated carbocycles. The van der Waals surface area contributed by atoms with Gasteiger partial charge in [-0.15, -0.1) is 0 Å². The van der Waals surface area contributed by atoms with Crippen LogP contribution in [0.25, 0.3) is 6.08 Å². The molecule has 0 radical (unpaired) electrons. The molecule has 0 fully saturated rings. The number of carbonyl (C=O) groups is 1. The van der Waals surface area contributed by atoms with Gasteiger partial charge in [0.1, 0.15) is 0 Å². The van der Waals surface area contributed by atoms with Gasteiger partial charge in [-0.1, -0.05) is 55.3 Å². The Labute approximate surface area is 103 Å². The minimum Gasteiger partial charge on any atom is -0.481 e. The molecule has 92 valence electrons. The molecule has 0 atom stereocenters. The molecular weight excluding hydrogens is 212 g/mol. The maximum Gasteiger partial charge on any atom is 0.303 e. The van der Waals surface area contributed by atoms with Gasteiger partial charge >= 0.3 is 5.97 Å². The van der Waals surface area contributed by atoms with Crippen molar-refractivity contribution in [2.45, 2.75) is 38.5 Å². The standard InChI is InChI=1S/C15H20O2/c16-15(17)13-9-4-2-1-3-6-10-14-11-7-5-8-12-14/h5-8,10-12H,1-4,9,13H2,(H,16,17)/b10-6+. The summed E-state index contributed by atoms with van der Waals surface area (Å²) in [6.45, 7) is 0. The van der Waals surface area contributed by atoms with Crippen LogP contribution < -0.4 is 0 Å². The number of unbranched alkanes of at least 4 members (excludes halogenated alkanes) is 4. The van der Waals surface area contributed by atoms with Crippen LogP contribution in [0.4, 0.5) is 0 Å². The van der Waals surface area contributed by atoms with Gasteiger partial charge in [-0.05, 0) is 24.8 Å². The number of aliphatic carboxylic acids is 1. The number of hydrogen-bond acceptors (Lipinski definition) is 1. The predicted molar refractivity (Wildman–Crippen MR) is 70.8 cm³/mol. The Balaban J connectivity index is 2.01. The fourth-order valence-corrected chi connectivity index (χ4v) is 1.68. The molecular formula is C15H20O2. The van der Waals surface area contributed by atoms with E-state index in [0.29, 0.717) is 6.42 Å². The van der Waals surface area contributed by atoms with Crippen molar-refractivity contribution in [2.24, 2.45) is 0 Å². The number of rotatable bonds is 8. The summed E-state index contributed by atoms with van der Waals surface area (Å²) in [5, 5.41) is 8.47. The zero-order valence-corrected chi connectivity index (χ0v) is 10.1. The first-order chi connectivity index (χ1) is 8.29. The summed E-state index contributed by atoms with van der Waals surface area (Å²) < 4.78 is 0. The van der Waals surface area contributed by atoms with E-state index in [-0.39, 0.29) is 0 Å². The van der Waals surface area contributed by atoms with E-state index < -0.39 is 5.97 Å². The molecule has 0 saturated heterocycles. The average Bonchev–Trinajstić information content (AvgIpc) is 2.33. The Kier molecular flexibility index (Phi) is 6.80. The zero-order chi connectivity index (χ0) is 12.3. The maximum atomic E-state index is 10.3. The van der Waals surface area contributed by atoms with Crippen LogP contribution >= 0.6 is 0 Å². The summed E-state index contributed by atoms with van der Waals surface area (Å²) >= 11 is 0. The molecule has 0 aliphatic rings. The fraction of sp³-hybridized carbons (Fsp3) is 0.400. The highest BCUT2D eigenvalue weighted by Crippen LogP contribution is 2.08. The molecule has 0 unspecified atom stereocenters. The van der Waals surface area contributed by atoms with Crippen molar-refractivity contribution in [1.29, 1.82) is 0 Å².